The minimum absolute atomic E-state index is 0.0454. The highest BCUT2D eigenvalue weighted by Crippen LogP contribution is 2.33. The van der Waals surface area contributed by atoms with Crippen LogP contribution in [-0.4, -0.2) is 59.8 Å². The summed E-state index contributed by atoms with van der Waals surface area (Å²) >= 11 is 0. The van der Waals surface area contributed by atoms with Gasteiger partial charge in [-0.25, -0.2) is 0 Å². The van der Waals surface area contributed by atoms with Crippen LogP contribution < -0.4 is 0 Å². The predicted molar refractivity (Wildman–Crippen MR) is 82.8 cm³/mol. The summed E-state index contributed by atoms with van der Waals surface area (Å²) in [7, 11) is 2.31. The monoisotopic (exact) mass is 280 g/mol. The van der Waals surface area contributed by atoms with Crippen LogP contribution in [0, 0.1) is 11.8 Å². The number of aliphatic hydroxyl groups is 1. The summed E-state index contributed by atoms with van der Waals surface area (Å²) < 4.78 is 0. The maximum atomic E-state index is 10.3. The first kappa shape index (κ1) is 14.8. The summed E-state index contributed by atoms with van der Waals surface area (Å²) in [4.78, 5) is 5.28. The van der Waals surface area contributed by atoms with Gasteiger partial charge in [0.15, 0.2) is 0 Å². The molecule has 0 radical (unpaired) electrons. The number of aliphatic hydroxyl groups excluding tert-OH is 1. The number of likely N-dealkylation sites (tertiary alicyclic amines) is 1. The lowest BCUT2D eigenvalue weighted by Gasteiger charge is -2.37. The number of rotatable bonds is 3. The fourth-order valence-corrected chi connectivity index (χ4v) is 4.79. The van der Waals surface area contributed by atoms with Crippen molar-refractivity contribution >= 4 is 0 Å². The van der Waals surface area contributed by atoms with Crippen molar-refractivity contribution in [3.63, 3.8) is 0 Å². The van der Waals surface area contributed by atoms with Gasteiger partial charge in [-0.1, -0.05) is 13.3 Å². The Labute approximate surface area is 124 Å². The van der Waals surface area contributed by atoms with Gasteiger partial charge >= 0.3 is 0 Å². The van der Waals surface area contributed by atoms with Crippen LogP contribution in [0.1, 0.15) is 51.9 Å². The second-order valence-electron chi connectivity index (χ2n) is 7.51. The van der Waals surface area contributed by atoms with Crippen LogP contribution in [0.4, 0.5) is 0 Å². The molecule has 3 aliphatic rings. The van der Waals surface area contributed by atoms with E-state index in [1.165, 1.54) is 51.6 Å². The van der Waals surface area contributed by atoms with E-state index in [4.69, 9.17) is 0 Å². The molecule has 2 heterocycles. The third kappa shape index (κ3) is 3.05. The first-order chi connectivity index (χ1) is 9.67. The Bertz CT molecular complexity index is 322. The molecule has 0 amide bonds. The molecule has 1 saturated carbocycles. The van der Waals surface area contributed by atoms with Gasteiger partial charge in [-0.05, 0) is 64.0 Å². The highest BCUT2D eigenvalue weighted by atomic mass is 16.3. The molecule has 0 spiro atoms. The van der Waals surface area contributed by atoms with Crippen molar-refractivity contribution in [3.05, 3.63) is 0 Å². The maximum Gasteiger partial charge on any atom is 0.0580 e. The molecule has 1 aliphatic carbocycles. The molecule has 3 nitrogen and oxygen atoms in total. The number of likely N-dealkylation sites (N-methyl/N-ethyl adjacent to an activating group) is 1. The second-order valence-corrected chi connectivity index (χ2v) is 7.51. The number of hydrogen-bond acceptors (Lipinski definition) is 3. The van der Waals surface area contributed by atoms with Gasteiger partial charge in [0, 0.05) is 25.2 Å². The zero-order valence-electron chi connectivity index (χ0n) is 13.3. The van der Waals surface area contributed by atoms with Crippen LogP contribution in [0.3, 0.4) is 0 Å². The van der Waals surface area contributed by atoms with Gasteiger partial charge in [0.25, 0.3) is 0 Å². The highest BCUT2D eigenvalue weighted by molar-refractivity contribution is 4.92. The van der Waals surface area contributed by atoms with Gasteiger partial charge in [0.2, 0.25) is 0 Å². The van der Waals surface area contributed by atoms with Crippen molar-refractivity contribution in [1.82, 2.24) is 9.80 Å². The van der Waals surface area contributed by atoms with Crippen LogP contribution in [-0.2, 0) is 0 Å². The molecule has 0 aromatic rings. The Morgan fingerprint density at radius 2 is 1.85 bits per heavy atom. The molecule has 20 heavy (non-hydrogen) atoms. The summed E-state index contributed by atoms with van der Waals surface area (Å²) in [5.74, 6) is 1.38. The average molecular weight is 280 g/mol. The van der Waals surface area contributed by atoms with Crippen molar-refractivity contribution in [2.45, 2.75) is 70.1 Å². The Kier molecular flexibility index (Phi) is 4.68. The smallest absolute Gasteiger partial charge is 0.0580 e. The van der Waals surface area contributed by atoms with Gasteiger partial charge in [-0.15, -0.1) is 0 Å². The van der Waals surface area contributed by atoms with E-state index in [2.05, 4.69) is 23.8 Å². The Hall–Kier alpha value is -0.120. The van der Waals surface area contributed by atoms with Gasteiger partial charge in [-0.2, -0.15) is 0 Å². The van der Waals surface area contributed by atoms with Crippen molar-refractivity contribution in [3.8, 4) is 0 Å². The Morgan fingerprint density at radius 3 is 2.65 bits per heavy atom. The molecule has 2 bridgehead atoms. The lowest BCUT2D eigenvalue weighted by Crippen LogP contribution is -2.42. The van der Waals surface area contributed by atoms with Crippen molar-refractivity contribution in [1.29, 1.82) is 0 Å². The zero-order chi connectivity index (χ0) is 14.1. The lowest BCUT2D eigenvalue weighted by molar-refractivity contribution is 0.0253. The minimum Gasteiger partial charge on any atom is -0.393 e. The summed E-state index contributed by atoms with van der Waals surface area (Å²) in [5.41, 5.74) is 0. The lowest BCUT2D eigenvalue weighted by atomic mass is 9.78. The molecule has 0 aromatic carbocycles. The quantitative estimate of drug-likeness (QED) is 0.859. The van der Waals surface area contributed by atoms with Gasteiger partial charge < -0.3 is 10.0 Å². The molecule has 2 saturated heterocycles. The van der Waals surface area contributed by atoms with Crippen molar-refractivity contribution < 1.29 is 5.11 Å². The van der Waals surface area contributed by atoms with Gasteiger partial charge in [0.05, 0.1) is 6.10 Å². The molecule has 5 atom stereocenters. The Morgan fingerprint density at radius 1 is 1.05 bits per heavy atom. The topological polar surface area (TPSA) is 26.7 Å². The molecule has 2 aliphatic heterocycles. The fraction of sp³-hybridized carbons (Fsp3) is 1.00. The fourth-order valence-electron chi connectivity index (χ4n) is 4.79. The van der Waals surface area contributed by atoms with Gasteiger partial charge in [0.1, 0.15) is 0 Å². The SMILES string of the molecule is CCC1CCC(O)C(CN2CCC3CCC(C2)N3C)C1. The maximum absolute atomic E-state index is 10.3. The summed E-state index contributed by atoms with van der Waals surface area (Å²) in [6.45, 7) is 5.91. The molecule has 3 rings (SSSR count). The molecular formula is C17H32N2O. The number of hydrogen-bond donors (Lipinski definition) is 1. The highest BCUT2D eigenvalue weighted by Gasteiger charge is 2.36. The van der Waals surface area contributed by atoms with E-state index in [9.17, 15) is 5.11 Å². The average Bonchev–Trinajstić information content (AvgIpc) is 2.69. The third-order valence-corrected chi connectivity index (χ3v) is 6.35. The van der Waals surface area contributed by atoms with Crippen molar-refractivity contribution in [2.75, 3.05) is 26.7 Å². The predicted octanol–water partition coefficient (Wildman–Crippen LogP) is 2.34. The number of nitrogens with zero attached hydrogens (tertiary/aromatic N) is 2. The molecule has 1 N–H and O–H groups in total. The van der Waals surface area contributed by atoms with Crippen LogP contribution in [0.15, 0.2) is 0 Å². The Balaban J connectivity index is 1.57. The normalized spacial score (nSPS) is 43.6. The molecule has 5 unspecified atom stereocenters. The molecule has 3 fully saturated rings. The van der Waals surface area contributed by atoms with E-state index in [0.717, 1.165) is 31.0 Å². The standard InChI is InChI=1S/C17H32N2O/c1-3-13-4-7-17(20)14(10-13)11-19-9-8-15-5-6-16(12-19)18(15)2/h13-17,20H,3-12H2,1-2H3. The number of fused-ring (bicyclic) bond motifs is 2. The van der Waals surface area contributed by atoms with E-state index < -0.39 is 0 Å². The van der Waals surface area contributed by atoms with E-state index in [-0.39, 0.29) is 6.10 Å². The first-order valence-corrected chi connectivity index (χ1v) is 8.79. The van der Waals surface area contributed by atoms with Crippen LogP contribution >= 0.6 is 0 Å². The van der Waals surface area contributed by atoms with Gasteiger partial charge in [-0.3, -0.25) is 4.90 Å². The van der Waals surface area contributed by atoms with E-state index in [1.807, 2.05) is 0 Å². The molecule has 3 heteroatoms. The largest absolute Gasteiger partial charge is 0.393 e. The minimum atomic E-state index is -0.0454. The summed E-state index contributed by atoms with van der Waals surface area (Å²) in [5, 5.41) is 10.3. The van der Waals surface area contributed by atoms with E-state index >= 15 is 0 Å². The van der Waals surface area contributed by atoms with Crippen LogP contribution in [0.25, 0.3) is 0 Å². The van der Waals surface area contributed by atoms with E-state index in [0.29, 0.717) is 5.92 Å². The molecule has 0 aromatic heterocycles. The van der Waals surface area contributed by atoms with Crippen LogP contribution in [0.2, 0.25) is 0 Å². The van der Waals surface area contributed by atoms with Crippen LogP contribution in [0.5, 0.6) is 0 Å². The third-order valence-electron chi connectivity index (χ3n) is 6.35. The molecular weight excluding hydrogens is 248 g/mol. The first-order valence-electron chi connectivity index (χ1n) is 8.79. The molecule has 116 valence electrons. The summed E-state index contributed by atoms with van der Waals surface area (Å²) in [6, 6.07) is 1.59. The second kappa shape index (κ2) is 6.33. The van der Waals surface area contributed by atoms with Crippen molar-refractivity contribution in [2.24, 2.45) is 11.8 Å². The summed E-state index contributed by atoms with van der Waals surface area (Å²) in [6.07, 6.45) is 8.87. The zero-order valence-corrected chi connectivity index (χ0v) is 13.3. The van der Waals surface area contributed by atoms with E-state index in [1.54, 1.807) is 0 Å².